The van der Waals surface area contributed by atoms with Crippen LogP contribution in [0.4, 0.5) is 0 Å². The largest absolute Gasteiger partial charge is 0.467 e. The van der Waals surface area contributed by atoms with E-state index in [0.29, 0.717) is 0 Å². The summed E-state index contributed by atoms with van der Waals surface area (Å²) in [5.74, 6) is -0.446. The number of hydrogen-bond acceptors (Lipinski definition) is 2. The molecule has 0 aliphatic carbocycles. The molecule has 0 spiro atoms. The van der Waals surface area contributed by atoms with Crippen LogP contribution in [0.2, 0.25) is 0 Å². The van der Waals surface area contributed by atoms with Crippen LogP contribution in [0.1, 0.15) is 6.42 Å². The van der Waals surface area contributed by atoms with Crippen LogP contribution in [-0.2, 0) is 9.53 Å². The van der Waals surface area contributed by atoms with E-state index in [4.69, 9.17) is 34.8 Å². The summed E-state index contributed by atoms with van der Waals surface area (Å²) in [5.41, 5.74) is 0. The smallest absolute Gasteiger partial charge is 0.342 e. The van der Waals surface area contributed by atoms with E-state index < -0.39 is 10.3 Å². The molecular formula is C5H7Cl3O2. The molecular weight excluding hydrogens is 198 g/mol. The van der Waals surface area contributed by atoms with Crippen molar-refractivity contribution in [3.8, 4) is 0 Å². The summed E-state index contributed by atoms with van der Waals surface area (Å²) in [4.78, 5) is 10.7. The first-order valence-electron chi connectivity index (χ1n) is 2.57. The van der Waals surface area contributed by atoms with Gasteiger partial charge in [-0.2, -0.15) is 0 Å². The maximum atomic E-state index is 10.7. The Bertz CT molecular complexity index is 124. The van der Waals surface area contributed by atoms with Gasteiger partial charge in [0.2, 0.25) is 4.33 Å². The molecule has 0 rings (SSSR count). The normalized spacial score (nSPS) is 11.2. The molecule has 0 aliphatic rings. The van der Waals surface area contributed by atoms with Crippen molar-refractivity contribution in [2.75, 3.05) is 13.0 Å². The number of rotatable bonds is 3. The Morgan fingerprint density at radius 3 is 2.40 bits per heavy atom. The maximum Gasteiger partial charge on any atom is 0.342 e. The molecule has 0 heterocycles. The van der Waals surface area contributed by atoms with Crippen molar-refractivity contribution >= 4 is 40.8 Å². The maximum absolute atomic E-state index is 10.7. The molecule has 0 bridgehead atoms. The summed E-state index contributed by atoms with van der Waals surface area (Å²) in [7, 11) is 1.22. The average Bonchev–Trinajstić information content (AvgIpc) is 1.86. The van der Waals surface area contributed by atoms with Gasteiger partial charge in [-0.1, -0.05) is 23.2 Å². The van der Waals surface area contributed by atoms with Crippen molar-refractivity contribution in [3.05, 3.63) is 0 Å². The molecule has 0 saturated carbocycles. The van der Waals surface area contributed by atoms with Crippen LogP contribution < -0.4 is 0 Å². The monoisotopic (exact) mass is 204 g/mol. The quantitative estimate of drug-likeness (QED) is 0.520. The molecule has 5 heteroatoms. The predicted molar refractivity (Wildman–Crippen MR) is 41.8 cm³/mol. The van der Waals surface area contributed by atoms with Gasteiger partial charge in [-0.05, 0) is 0 Å². The number of hydrogen-bond donors (Lipinski definition) is 0. The fourth-order valence-electron chi connectivity index (χ4n) is 0.370. The Morgan fingerprint density at radius 2 is 2.10 bits per heavy atom. The van der Waals surface area contributed by atoms with E-state index >= 15 is 0 Å². The molecule has 2 nitrogen and oxygen atoms in total. The Morgan fingerprint density at radius 1 is 1.60 bits per heavy atom. The van der Waals surface area contributed by atoms with Crippen LogP contribution in [0.3, 0.4) is 0 Å². The van der Waals surface area contributed by atoms with Gasteiger partial charge in [0.05, 0.1) is 7.11 Å². The summed E-state index contributed by atoms with van der Waals surface area (Å²) < 4.78 is 2.82. The highest BCUT2D eigenvalue weighted by Crippen LogP contribution is 2.26. The summed E-state index contributed by atoms with van der Waals surface area (Å²) in [6.45, 7) is 0. The molecule has 0 aliphatic heterocycles. The van der Waals surface area contributed by atoms with Crippen LogP contribution >= 0.6 is 34.8 Å². The molecule has 0 atom stereocenters. The molecule has 0 aromatic rings. The van der Waals surface area contributed by atoms with Crippen LogP contribution in [0.25, 0.3) is 0 Å². The zero-order valence-electron chi connectivity index (χ0n) is 5.36. The molecule has 10 heavy (non-hydrogen) atoms. The molecule has 0 aromatic carbocycles. The van der Waals surface area contributed by atoms with Crippen molar-refractivity contribution in [1.29, 1.82) is 0 Å². The number of carbonyl (C=O) groups is 1. The second-order valence-electron chi connectivity index (χ2n) is 1.64. The van der Waals surface area contributed by atoms with Crippen LogP contribution in [-0.4, -0.2) is 23.3 Å². The van der Waals surface area contributed by atoms with Gasteiger partial charge >= 0.3 is 5.97 Å². The van der Waals surface area contributed by atoms with E-state index in [1.807, 2.05) is 0 Å². The van der Waals surface area contributed by atoms with E-state index in [9.17, 15) is 4.79 Å². The highest BCUT2D eigenvalue weighted by atomic mass is 35.5. The van der Waals surface area contributed by atoms with Crippen LogP contribution in [0.5, 0.6) is 0 Å². The Hall–Kier alpha value is 0.340. The molecule has 0 saturated heterocycles. The molecule has 60 valence electrons. The molecule has 0 unspecified atom stereocenters. The molecule has 0 N–H and O–H groups in total. The number of alkyl halides is 3. The molecule has 0 fully saturated rings. The fraction of sp³-hybridized carbons (Fsp3) is 0.800. The molecule has 0 aromatic heterocycles. The Kier molecular flexibility index (Phi) is 4.41. The standard InChI is InChI=1S/C5H7Cl3O2/c1-10-4(9)5(7,8)2-3-6/h2-3H2,1H3. The molecule has 0 radical (unpaired) electrons. The second kappa shape index (κ2) is 4.27. The first-order chi connectivity index (χ1) is 4.54. The number of halogens is 3. The molecule has 0 amide bonds. The SMILES string of the molecule is COC(=O)C(Cl)(Cl)CCCl. The Balaban J connectivity index is 3.96. The summed E-state index contributed by atoms with van der Waals surface area (Å²) in [5, 5.41) is 0. The topological polar surface area (TPSA) is 26.3 Å². The van der Waals surface area contributed by atoms with Crippen molar-refractivity contribution in [3.63, 3.8) is 0 Å². The van der Waals surface area contributed by atoms with E-state index in [2.05, 4.69) is 4.74 Å². The minimum absolute atomic E-state index is 0.185. The van der Waals surface area contributed by atoms with Gasteiger partial charge in [0, 0.05) is 12.3 Å². The minimum Gasteiger partial charge on any atom is -0.467 e. The first-order valence-corrected chi connectivity index (χ1v) is 3.86. The van der Waals surface area contributed by atoms with Gasteiger partial charge in [-0.15, -0.1) is 11.6 Å². The predicted octanol–water partition coefficient (Wildman–Crippen LogP) is 1.96. The first kappa shape index (κ1) is 10.3. The van der Waals surface area contributed by atoms with Gasteiger partial charge in [0.25, 0.3) is 0 Å². The fourth-order valence-corrected chi connectivity index (χ4v) is 1.19. The van der Waals surface area contributed by atoms with Crippen molar-refractivity contribution < 1.29 is 9.53 Å². The van der Waals surface area contributed by atoms with Gasteiger partial charge < -0.3 is 4.74 Å². The van der Waals surface area contributed by atoms with E-state index in [0.717, 1.165) is 0 Å². The van der Waals surface area contributed by atoms with Crippen molar-refractivity contribution in [1.82, 2.24) is 0 Å². The third-order valence-electron chi connectivity index (χ3n) is 0.893. The number of methoxy groups -OCH3 is 1. The van der Waals surface area contributed by atoms with Crippen LogP contribution in [0.15, 0.2) is 0 Å². The van der Waals surface area contributed by atoms with E-state index in [-0.39, 0.29) is 12.3 Å². The summed E-state index contributed by atoms with van der Waals surface area (Å²) in [6, 6.07) is 0. The highest BCUT2D eigenvalue weighted by Gasteiger charge is 2.33. The second-order valence-corrected chi connectivity index (χ2v) is 3.50. The van der Waals surface area contributed by atoms with Gasteiger partial charge in [-0.25, -0.2) is 4.79 Å². The lowest BCUT2D eigenvalue weighted by Crippen LogP contribution is -2.27. The average molecular weight is 205 g/mol. The zero-order chi connectivity index (χ0) is 8.20. The van der Waals surface area contributed by atoms with Crippen molar-refractivity contribution in [2.24, 2.45) is 0 Å². The number of esters is 1. The summed E-state index contributed by atoms with van der Waals surface area (Å²) in [6.07, 6.45) is 0.185. The number of ether oxygens (including phenoxy) is 1. The summed E-state index contributed by atoms with van der Waals surface area (Å²) >= 11 is 16.3. The van der Waals surface area contributed by atoms with Crippen LogP contribution in [0, 0.1) is 0 Å². The lowest BCUT2D eigenvalue weighted by atomic mass is 10.3. The van der Waals surface area contributed by atoms with Gasteiger partial charge in [0.15, 0.2) is 0 Å². The highest BCUT2D eigenvalue weighted by molar-refractivity contribution is 6.57. The zero-order valence-corrected chi connectivity index (χ0v) is 7.63. The third kappa shape index (κ3) is 2.95. The van der Waals surface area contributed by atoms with Gasteiger partial charge in [-0.3, -0.25) is 0 Å². The number of carbonyl (C=O) groups excluding carboxylic acids is 1. The van der Waals surface area contributed by atoms with Crippen molar-refractivity contribution in [2.45, 2.75) is 10.8 Å². The lowest BCUT2D eigenvalue weighted by molar-refractivity contribution is -0.141. The van der Waals surface area contributed by atoms with Gasteiger partial charge in [0.1, 0.15) is 0 Å². The lowest BCUT2D eigenvalue weighted by Gasteiger charge is -2.13. The minimum atomic E-state index is -1.49. The third-order valence-corrected chi connectivity index (χ3v) is 1.77. The van der Waals surface area contributed by atoms with E-state index in [1.165, 1.54) is 7.11 Å². The Labute approximate surface area is 74.4 Å². The van der Waals surface area contributed by atoms with E-state index in [1.54, 1.807) is 0 Å².